The summed E-state index contributed by atoms with van der Waals surface area (Å²) < 4.78 is 33.1. The van der Waals surface area contributed by atoms with Crippen molar-refractivity contribution >= 4 is 0 Å². The molecule has 0 bridgehead atoms. The third-order valence-corrected chi connectivity index (χ3v) is 3.48. The molecule has 2 aliphatic rings. The second-order valence-corrected chi connectivity index (χ2v) is 5.00. The van der Waals surface area contributed by atoms with E-state index in [4.69, 9.17) is 4.74 Å². The summed E-state index contributed by atoms with van der Waals surface area (Å²) >= 11 is 0. The highest BCUT2D eigenvalue weighted by atomic mass is 19.3. The van der Waals surface area contributed by atoms with Crippen molar-refractivity contribution in [1.29, 1.82) is 0 Å². The van der Waals surface area contributed by atoms with Gasteiger partial charge in [0.05, 0.1) is 26.3 Å². The number of ether oxygens (including phenoxy) is 1. The summed E-state index contributed by atoms with van der Waals surface area (Å²) in [6.45, 7) is 3.82. The van der Waals surface area contributed by atoms with Crippen LogP contribution in [0.2, 0.25) is 0 Å². The monoisotopic (exact) mass is 261 g/mol. The van der Waals surface area contributed by atoms with E-state index in [0.717, 1.165) is 0 Å². The molecule has 0 aromatic heterocycles. The molecule has 0 aliphatic carbocycles. The van der Waals surface area contributed by atoms with Crippen LogP contribution in [-0.2, 0) is 4.74 Å². The van der Waals surface area contributed by atoms with Crippen LogP contribution in [0.15, 0.2) is 12.3 Å². The predicted octanol–water partition coefficient (Wildman–Crippen LogP) is 1.02. The Bertz CT molecular complexity index is 306. The second-order valence-electron chi connectivity index (χ2n) is 5.00. The number of hydrazine groups is 1. The number of hydrogen-bond acceptors (Lipinski definition) is 4. The van der Waals surface area contributed by atoms with Gasteiger partial charge in [0.2, 0.25) is 0 Å². The number of alkyl halides is 2. The van der Waals surface area contributed by atoms with Gasteiger partial charge in [0.1, 0.15) is 0 Å². The molecule has 0 aromatic rings. The van der Waals surface area contributed by atoms with Crippen LogP contribution in [0.1, 0.15) is 6.92 Å². The molecular formula is C12H21F2N3O. The largest absolute Gasteiger partial charge is 0.379 e. The van der Waals surface area contributed by atoms with Gasteiger partial charge in [0.15, 0.2) is 0 Å². The average Bonchev–Trinajstić information content (AvgIpc) is 2.61. The van der Waals surface area contributed by atoms with Crippen molar-refractivity contribution in [2.24, 2.45) is 0 Å². The Kier molecular flexibility index (Phi) is 4.19. The van der Waals surface area contributed by atoms with Crippen LogP contribution in [0.25, 0.3) is 0 Å². The zero-order valence-corrected chi connectivity index (χ0v) is 11.0. The molecule has 0 saturated carbocycles. The molecule has 0 N–H and O–H groups in total. The summed E-state index contributed by atoms with van der Waals surface area (Å²) in [5.41, 5.74) is 0. The van der Waals surface area contributed by atoms with Gasteiger partial charge in [-0.25, -0.2) is 13.8 Å². The van der Waals surface area contributed by atoms with Crippen molar-refractivity contribution in [3.05, 3.63) is 12.3 Å². The van der Waals surface area contributed by atoms with E-state index < -0.39 is 5.92 Å². The minimum atomic E-state index is -2.71. The van der Waals surface area contributed by atoms with Crippen LogP contribution >= 0.6 is 0 Å². The SMILES string of the molecule is CC1C=CN(CC(F)(F)CN2CCOCC2)N1C. The van der Waals surface area contributed by atoms with Gasteiger partial charge in [0, 0.05) is 32.4 Å². The number of halogens is 2. The van der Waals surface area contributed by atoms with E-state index in [1.165, 1.54) is 0 Å². The average molecular weight is 261 g/mol. The molecule has 4 nitrogen and oxygen atoms in total. The van der Waals surface area contributed by atoms with E-state index in [2.05, 4.69) is 0 Å². The molecule has 6 heteroatoms. The molecule has 0 radical (unpaired) electrons. The lowest BCUT2D eigenvalue weighted by atomic mass is 10.3. The maximum Gasteiger partial charge on any atom is 0.279 e. The first-order valence-electron chi connectivity index (χ1n) is 6.33. The zero-order valence-electron chi connectivity index (χ0n) is 11.0. The van der Waals surface area contributed by atoms with Gasteiger partial charge < -0.3 is 9.75 Å². The Morgan fingerprint density at radius 1 is 1.28 bits per heavy atom. The Balaban J connectivity index is 1.84. The molecule has 0 spiro atoms. The van der Waals surface area contributed by atoms with Crippen LogP contribution in [0.5, 0.6) is 0 Å². The molecule has 1 unspecified atom stereocenters. The highest BCUT2D eigenvalue weighted by molar-refractivity contribution is 4.98. The number of morpholine rings is 1. The van der Waals surface area contributed by atoms with Crippen molar-refractivity contribution in [2.45, 2.75) is 18.9 Å². The first kappa shape index (κ1) is 13.7. The fraction of sp³-hybridized carbons (Fsp3) is 0.833. The molecule has 2 heterocycles. The third kappa shape index (κ3) is 3.40. The predicted molar refractivity (Wildman–Crippen MR) is 65.3 cm³/mol. The fourth-order valence-corrected chi connectivity index (χ4v) is 2.23. The molecule has 104 valence electrons. The van der Waals surface area contributed by atoms with Crippen molar-refractivity contribution in [3.8, 4) is 0 Å². The second kappa shape index (κ2) is 5.50. The third-order valence-electron chi connectivity index (χ3n) is 3.48. The van der Waals surface area contributed by atoms with Gasteiger partial charge in [-0.1, -0.05) is 0 Å². The van der Waals surface area contributed by atoms with Gasteiger partial charge in [-0.2, -0.15) is 0 Å². The minimum Gasteiger partial charge on any atom is -0.379 e. The van der Waals surface area contributed by atoms with Crippen LogP contribution in [0.4, 0.5) is 8.78 Å². The summed E-state index contributed by atoms with van der Waals surface area (Å²) in [7, 11) is 1.83. The molecule has 18 heavy (non-hydrogen) atoms. The summed E-state index contributed by atoms with van der Waals surface area (Å²) in [5.74, 6) is -2.71. The number of rotatable bonds is 4. The topological polar surface area (TPSA) is 19.0 Å². The first-order chi connectivity index (χ1) is 8.48. The molecule has 2 rings (SSSR count). The summed E-state index contributed by atoms with van der Waals surface area (Å²) in [5, 5.41) is 3.42. The Labute approximate surface area is 107 Å². The normalized spacial score (nSPS) is 27.1. The van der Waals surface area contributed by atoms with Gasteiger partial charge in [0.25, 0.3) is 5.92 Å². The Morgan fingerprint density at radius 2 is 1.94 bits per heavy atom. The molecule has 1 atom stereocenters. The lowest BCUT2D eigenvalue weighted by Gasteiger charge is -2.35. The summed E-state index contributed by atoms with van der Waals surface area (Å²) in [6.07, 6.45) is 3.66. The quantitative estimate of drug-likeness (QED) is 0.752. The number of hydrogen-bond donors (Lipinski definition) is 0. The molecule has 0 aromatic carbocycles. The number of likely N-dealkylation sites (N-methyl/N-ethyl adjacent to an activating group) is 1. The molecular weight excluding hydrogens is 240 g/mol. The highest BCUT2D eigenvalue weighted by Crippen LogP contribution is 2.22. The first-order valence-corrected chi connectivity index (χ1v) is 6.33. The van der Waals surface area contributed by atoms with Crippen LogP contribution in [-0.4, -0.2) is 73.3 Å². The van der Waals surface area contributed by atoms with Crippen molar-refractivity contribution < 1.29 is 13.5 Å². The Hall–Kier alpha value is -0.720. The van der Waals surface area contributed by atoms with Crippen molar-refractivity contribution in [1.82, 2.24) is 14.9 Å². The van der Waals surface area contributed by atoms with Crippen LogP contribution in [0.3, 0.4) is 0 Å². The van der Waals surface area contributed by atoms with E-state index in [-0.39, 0.29) is 19.1 Å². The fourth-order valence-electron chi connectivity index (χ4n) is 2.23. The van der Waals surface area contributed by atoms with Crippen molar-refractivity contribution in [3.63, 3.8) is 0 Å². The maximum atomic E-state index is 14.0. The van der Waals surface area contributed by atoms with Crippen LogP contribution in [0, 0.1) is 0 Å². The van der Waals surface area contributed by atoms with E-state index >= 15 is 0 Å². The smallest absolute Gasteiger partial charge is 0.279 e. The minimum absolute atomic E-state index is 0.184. The molecule has 1 saturated heterocycles. The van der Waals surface area contributed by atoms with Gasteiger partial charge >= 0.3 is 0 Å². The van der Waals surface area contributed by atoms with E-state index in [1.807, 2.05) is 25.1 Å². The maximum absolute atomic E-state index is 14.0. The zero-order chi connectivity index (χ0) is 13.2. The Morgan fingerprint density at radius 3 is 2.50 bits per heavy atom. The van der Waals surface area contributed by atoms with E-state index in [9.17, 15) is 8.78 Å². The summed E-state index contributed by atoms with van der Waals surface area (Å²) in [4.78, 5) is 1.77. The van der Waals surface area contributed by atoms with E-state index in [1.54, 1.807) is 16.1 Å². The van der Waals surface area contributed by atoms with Gasteiger partial charge in [-0.15, -0.1) is 0 Å². The molecule has 0 amide bonds. The van der Waals surface area contributed by atoms with Crippen molar-refractivity contribution in [2.75, 3.05) is 46.4 Å². The standard InChI is InChI=1S/C12H21F2N3O/c1-11-3-4-17(15(11)2)10-12(13,14)9-16-5-7-18-8-6-16/h3-4,11H,5-10H2,1-2H3. The highest BCUT2D eigenvalue weighted by Gasteiger charge is 2.36. The van der Waals surface area contributed by atoms with Gasteiger partial charge in [-0.3, -0.25) is 4.90 Å². The lowest BCUT2D eigenvalue weighted by molar-refractivity contribution is -0.0993. The summed E-state index contributed by atoms with van der Waals surface area (Å²) in [6, 6.07) is 0.184. The lowest BCUT2D eigenvalue weighted by Crippen LogP contribution is -2.50. The van der Waals surface area contributed by atoms with Gasteiger partial charge in [-0.05, 0) is 13.0 Å². The molecule has 2 aliphatic heterocycles. The van der Waals surface area contributed by atoms with E-state index in [0.29, 0.717) is 26.3 Å². The molecule has 1 fully saturated rings. The van der Waals surface area contributed by atoms with Crippen LogP contribution < -0.4 is 0 Å². The number of nitrogens with zero attached hydrogens (tertiary/aromatic N) is 3.